The first-order valence-corrected chi connectivity index (χ1v) is 11.9. The number of benzene rings is 2. The normalized spacial score (nSPS) is 16.4. The van der Waals surface area contributed by atoms with Crippen LogP contribution in [0.4, 0.5) is 5.69 Å². The minimum Gasteiger partial charge on any atom is -0.462 e. The van der Waals surface area contributed by atoms with E-state index in [2.05, 4.69) is 10.2 Å². The van der Waals surface area contributed by atoms with E-state index in [-0.39, 0.29) is 18.4 Å². The van der Waals surface area contributed by atoms with Gasteiger partial charge in [0.1, 0.15) is 0 Å². The van der Waals surface area contributed by atoms with E-state index in [0.717, 1.165) is 27.5 Å². The summed E-state index contributed by atoms with van der Waals surface area (Å²) in [4.78, 5) is 35.4. The number of furan rings is 1. The number of hydrogen-bond donors (Lipinski definition) is 1. The second-order valence-corrected chi connectivity index (χ2v) is 8.99. The van der Waals surface area contributed by atoms with Gasteiger partial charge in [0.15, 0.2) is 5.58 Å². The highest BCUT2D eigenvalue weighted by Crippen LogP contribution is 2.30. The molecule has 8 heteroatoms. The highest BCUT2D eigenvalue weighted by Gasteiger charge is 2.29. The van der Waals surface area contributed by atoms with Crippen LogP contribution in [0.2, 0.25) is 0 Å². The molecule has 2 aliphatic heterocycles. The zero-order valence-corrected chi connectivity index (χ0v) is 19.3. The molecule has 8 nitrogen and oxygen atoms in total. The summed E-state index contributed by atoms with van der Waals surface area (Å²) in [5.74, 6) is -0.105. The van der Waals surface area contributed by atoms with Crippen LogP contribution in [0.3, 0.4) is 0 Å². The lowest BCUT2D eigenvalue weighted by Crippen LogP contribution is -2.42. The maximum Gasteiger partial charge on any atom is 0.255 e. The van der Waals surface area contributed by atoms with Gasteiger partial charge in [0.2, 0.25) is 5.91 Å². The minimum atomic E-state index is -0.118. The van der Waals surface area contributed by atoms with Gasteiger partial charge in [0.05, 0.1) is 42.8 Å². The number of pyridine rings is 1. The van der Waals surface area contributed by atoms with Crippen molar-refractivity contribution in [2.45, 2.75) is 13.0 Å². The predicted molar refractivity (Wildman–Crippen MR) is 132 cm³/mol. The summed E-state index contributed by atoms with van der Waals surface area (Å²) in [6.07, 6.45) is 2.30. The van der Waals surface area contributed by atoms with E-state index in [0.29, 0.717) is 62.6 Å². The van der Waals surface area contributed by atoms with Crippen molar-refractivity contribution in [3.05, 3.63) is 71.6 Å². The Morgan fingerprint density at radius 3 is 2.74 bits per heavy atom. The molecule has 0 saturated carbocycles. The van der Waals surface area contributed by atoms with Gasteiger partial charge < -0.3 is 19.4 Å². The first-order chi connectivity index (χ1) is 17.2. The fraction of sp³-hybridized carbons (Fsp3) is 0.296. The largest absolute Gasteiger partial charge is 0.462 e. The van der Waals surface area contributed by atoms with Crippen LogP contribution in [0.5, 0.6) is 0 Å². The molecular weight excluding hydrogens is 444 g/mol. The lowest BCUT2D eigenvalue weighted by atomic mass is 9.94. The van der Waals surface area contributed by atoms with E-state index in [1.165, 1.54) is 0 Å². The molecule has 178 valence electrons. The Balaban J connectivity index is 1.27. The lowest BCUT2D eigenvalue weighted by Gasteiger charge is -2.32. The summed E-state index contributed by atoms with van der Waals surface area (Å²) in [6.45, 7) is 3.66. The van der Waals surface area contributed by atoms with Gasteiger partial charge in [0, 0.05) is 54.6 Å². The average Bonchev–Trinajstić information content (AvgIpc) is 3.37. The summed E-state index contributed by atoms with van der Waals surface area (Å²) in [7, 11) is 0. The van der Waals surface area contributed by atoms with Crippen LogP contribution in [0.25, 0.3) is 21.9 Å². The Hall–Kier alpha value is -3.75. The third-order valence-corrected chi connectivity index (χ3v) is 6.76. The highest BCUT2D eigenvalue weighted by molar-refractivity contribution is 6.08. The zero-order valence-electron chi connectivity index (χ0n) is 19.3. The minimum absolute atomic E-state index is 0.0129. The third kappa shape index (κ3) is 4.15. The number of hydrogen-bond acceptors (Lipinski definition) is 6. The van der Waals surface area contributed by atoms with E-state index in [1.54, 1.807) is 6.26 Å². The Morgan fingerprint density at radius 2 is 1.86 bits per heavy atom. The number of amides is 2. The SMILES string of the molecule is O=C(CN1CCc2nc3ccccc3c(C(=O)N3CCOCC3)c2C1)Nc1cccc2ccoc12. The van der Waals surface area contributed by atoms with Crippen LogP contribution in [-0.4, -0.2) is 66.0 Å². The number of anilines is 1. The van der Waals surface area contributed by atoms with Gasteiger partial charge in [-0.1, -0.05) is 30.3 Å². The summed E-state index contributed by atoms with van der Waals surface area (Å²) in [5, 5.41) is 4.79. The topological polar surface area (TPSA) is 87.9 Å². The van der Waals surface area contributed by atoms with Crippen molar-refractivity contribution in [1.29, 1.82) is 0 Å². The van der Waals surface area contributed by atoms with Crippen molar-refractivity contribution in [2.75, 3.05) is 44.7 Å². The summed E-state index contributed by atoms with van der Waals surface area (Å²) in [5.41, 5.74) is 4.73. The average molecular weight is 471 g/mol. The van der Waals surface area contributed by atoms with Crippen LogP contribution in [0.15, 0.2) is 59.2 Å². The van der Waals surface area contributed by atoms with Crippen molar-refractivity contribution in [1.82, 2.24) is 14.8 Å². The Bertz CT molecular complexity index is 1420. The van der Waals surface area contributed by atoms with Crippen molar-refractivity contribution in [3.63, 3.8) is 0 Å². The van der Waals surface area contributed by atoms with Gasteiger partial charge in [-0.3, -0.25) is 19.5 Å². The molecule has 0 unspecified atom stereocenters. The van der Waals surface area contributed by atoms with E-state index in [1.807, 2.05) is 53.4 Å². The number of para-hydroxylation sites is 2. The number of morpholine rings is 1. The monoisotopic (exact) mass is 470 g/mol. The quantitative estimate of drug-likeness (QED) is 0.492. The van der Waals surface area contributed by atoms with E-state index >= 15 is 0 Å². The van der Waals surface area contributed by atoms with Crippen LogP contribution in [0, 0.1) is 0 Å². The molecule has 1 fully saturated rings. The van der Waals surface area contributed by atoms with E-state index in [9.17, 15) is 9.59 Å². The first-order valence-electron chi connectivity index (χ1n) is 11.9. The smallest absolute Gasteiger partial charge is 0.255 e. The molecule has 1 saturated heterocycles. The van der Waals surface area contributed by atoms with Crippen LogP contribution >= 0.6 is 0 Å². The molecule has 2 amide bonds. The van der Waals surface area contributed by atoms with Gasteiger partial charge in [-0.2, -0.15) is 0 Å². The van der Waals surface area contributed by atoms with Crippen LogP contribution < -0.4 is 5.32 Å². The number of aromatic nitrogens is 1. The van der Waals surface area contributed by atoms with Crippen LogP contribution in [-0.2, 0) is 22.5 Å². The third-order valence-electron chi connectivity index (χ3n) is 6.76. The number of nitrogens with zero attached hydrogens (tertiary/aromatic N) is 3. The van der Waals surface area contributed by atoms with Crippen molar-refractivity contribution in [2.24, 2.45) is 0 Å². The van der Waals surface area contributed by atoms with Gasteiger partial charge >= 0.3 is 0 Å². The number of rotatable bonds is 4. The van der Waals surface area contributed by atoms with Gasteiger partial charge in [-0.05, 0) is 18.2 Å². The molecule has 0 aliphatic carbocycles. The first kappa shape index (κ1) is 21.8. The molecule has 6 rings (SSSR count). The molecule has 0 bridgehead atoms. The summed E-state index contributed by atoms with van der Waals surface area (Å²) < 4.78 is 11.0. The molecule has 35 heavy (non-hydrogen) atoms. The fourth-order valence-electron chi connectivity index (χ4n) is 5.03. The fourth-order valence-corrected chi connectivity index (χ4v) is 5.03. The molecule has 0 atom stereocenters. The van der Waals surface area contributed by atoms with Gasteiger partial charge in [0.25, 0.3) is 5.91 Å². The maximum absolute atomic E-state index is 13.7. The van der Waals surface area contributed by atoms with E-state index < -0.39 is 0 Å². The maximum atomic E-state index is 13.7. The predicted octanol–water partition coefficient (Wildman–Crippen LogP) is 3.45. The Kier molecular flexibility index (Phi) is 5.67. The molecule has 0 radical (unpaired) electrons. The number of carbonyl (C=O) groups excluding carboxylic acids is 2. The standard InChI is InChI=1S/C27H26N4O4/c32-24(29-23-7-3-4-18-9-13-35-26(18)23)17-30-10-8-22-20(16-30)25(19-5-1-2-6-21(19)28-22)27(33)31-11-14-34-15-12-31/h1-7,9,13H,8,10-12,14-17H2,(H,29,32). The summed E-state index contributed by atoms with van der Waals surface area (Å²) >= 11 is 0. The number of carbonyl (C=O) groups is 2. The lowest BCUT2D eigenvalue weighted by molar-refractivity contribution is -0.117. The molecule has 4 heterocycles. The van der Waals surface area contributed by atoms with Crippen molar-refractivity contribution in [3.8, 4) is 0 Å². The number of ether oxygens (including phenoxy) is 1. The Morgan fingerprint density at radius 1 is 1.00 bits per heavy atom. The van der Waals surface area contributed by atoms with Crippen LogP contribution in [0.1, 0.15) is 21.6 Å². The van der Waals surface area contributed by atoms with Crippen molar-refractivity contribution >= 4 is 39.4 Å². The zero-order chi connectivity index (χ0) is 23.8. The second kappa shape index (κ2) is 9.13. The van der Waals surface area contributed by atoms with E-state index in [4.69, 9.17) is 14.1 Å². The molecule has 2 aromatic carbocycles. The molecule has 2 aromatic heterocycles. The molecule has 0 spiro atoms. The van der Waals surface area contributed by atoms with Gasteiger partial charge in [-0.15, -0.1) is 0 Å². The molecular formula is C27H26N4O4. The molecule has 2 aliphatic rings. The molecule has 1 N–H and O–H groups in total. The number of nitrogens with one attached hydrogen (secondary N) is 1. The second-order valence-electron chi connectivity index (χ2n) is 8.99. The summed E-state index contributed by atoms with van der Waals surface area (Å²) in [6, 6.07) is 15.4. The number of fused-ring (bicyclic) bond motifs is 3. The Labute approximate surface area is 202 Å². The van der Waals surface area contributed by atoms with Crippen molar-refractivity contribution < 1.29 is 18.7 Å². The molecule has 4 aromatic rings. The van der Waals surface area contributed by atoms with Gasteiger partial charge in [-0.25, -0.2) is 0 Å². The highest BCUT2D eigenvalue weighted by atomic mass is 16.5.